The number of carboxylic acids is 1. The standard InChI is InChI=1S/C16H21N5O5S/c17-8-1-2-18-14-11(8)20-6-21(14)15-13(23)12(22)10(26-15)5-27-7-3-9(16(24)25)19-4-7/h1-2,6-7,9-10,12-13,15,19,22-23H,3-5H2,(H2,17,18)(H,24,25). The van der Waals surface area contributed by atoms with Crippen LogP contribution in [0.3, 0.4) is 0 Å². The third-order valence-corrected chi connectivity index (χ3v) is 6.34. The maximum absolute atomic E-state index is 11.0. The quantitative estimate of drug-likeness (QED) is 0.433. The van der Waals surface area contributed by atoms with Gasteiger partial charge in [-0.25, -0.2) is 9.97 Å². The predicted octanol–water partition coefficient (Wildman–Crippen LogP) is -0.819. The van der Waals surface area contributed by atoms with Crippen LogP contribution in [0.1, 0.15) is 12.6 Å². The molecule has 146 valence electrons. The number of anilines is 1. The summed E-state index contributed by atoms with van der Waals surface area (Å²) in [4.78, 5) is 19.5. The van der Waals surface area contributed by atoms with Crippen molar-refractivity contribution >= 4 is 34.6 Å². The van der Waals surface area contributed by atoms with E-state index in [9.17, 15) is 15.0 Å². The van der Waals surface area contributed by atoms with Gasteiger partial charge in [-0.1, -0.05) is 0 Å². The molecule has 6 N–H and O–H groups in total. The van der Waals surface area contributed by atoms with Crippen molar-refractivity contribution in [3.8, 4) is 0 Å². The number of nitrogen functional groups attached to an aromatic ring is 1. The van der Waals surface area contributed by atoms with Crippen LogP contribution in [0.2, 0.25) is 0 Å². The number of aliphatic hydroxyl groups excluding tert-OH is 2. The number of pyridine rings is 1. The van der Waals surface area contributed by atoms with E-state index < -0.39 is 36.6 Å². The number of aromatic nitrogens is 3. The van der Waals surface area contributed by atoms with Gasteiger partial charge in [-0.05, 0) is 12.5 Å². The van der Waals surface area contributed by atoms with Gasteiger partial charge in [0.2, 0.25) is 0 Å². The molecule has 2 saturated heterocycles. The first-order valence-corrected chi connectivity index (χ1v) is 9.67. The summed E-state index contributed by atoms with van der Waals surface area (Å²) < 4.78 is 7.47. The number of thioether (sulfide) groups is 1. The van der Waals surface area contributed by atoms with Crippen LogP contribution < -0.4 is 11.1 Å². The Morgan fingerprint density at radius 2 is 2.22 bits per heavy atom. The summed E-state index contributed by atoms with van der Waals surface area (Å²) in [6.07, 6.45) is -0.0503. The number of rotatable bonds is 5. The smallest absolute Gasteiger partial charge is 0.320 e. The van der Waals surface area contributed by atoms with E-state index in [1.807, 2.05) is 0 Å². The first kappa shape index (κ1) is 18.4. The Bertz CT molecular complexity index is 848. The second-order valence-corrected chi connectivity index (χ2v) is 8.09. The molecular formula is C16H21N5O5S. The SMILES string of the molecule is Nc1ccnc2c1ncn2C1OC(CSC2CNC(C(=O)O)C2)C(O)C1O. The molecule has 0 saturated carbocycles. The summed E-state index contributed by atoms with van der Waals surface area (Å²) in [6, 6.07) is 1.10. The number of nitrogens with zero attached hydrogens (tertiary/aromatic N) is 3. The summed E-state index contributed by atoms with van der Waals surface area (Å²) in [6.45, 7) is 0.589. The highest BCUT2D eigenvalue weighted by Gasteiger charge is 2.44. The molecule has 0 bridgehead atoms. The van der Waals surface area contributed by atoms with Gasteiger partial charge in [0.05, 0.1) is 18.1 Å². The van der Waals surface area contributed by atoms with E-state index in [4.69, 9.17) is 15.6 Å². The van der Waals surface area contributed by atoms with Gasteiger partial charge in [-0.3, -0.25) is 9.36 Å². The molecule has 2 aliphatic heterocycles. The molecule has 6 atom stereocenters. The maximum Gasteiger partial charge on any atom is 0.320 e. The Kier molecular flexibility index (Phi) is 4.95. The molecule has 2 fully saturated rings. The molecule has 0 aromatic carbocycles. The molecule has 4 heterocycles. The van der Waals surface area contributed by atoms with Gasteiger partial charge in [-0.15, -0.1) is 0 Å². The highest BCUT2D eigenvalue weighted by molar-refractivity contribution is 8.00. The van der Waals surface area contributed by atoms with E-state index in [1.54, 1.807) is 16.8 Å². The van der Waals surface area contributed by atoms with Crippen LogP contribution in [-0.2, 0) is 9.53 Å². The van der Waals surface area contributed by atoms with Gasteiger partial charge in [0.25, 0.3) is 0 Å². The molecule has 0 aliphatic carbocycles. The molecule has 10 nitrogen and oxygen atoms in total. The third kappa shape index (κ3) is 3.36. The van der Waals surface area contributed by atoms with E-state index >= 15 is 0 Å². The molecular weight excluding hydrogens is 374 g/mol. The van der Waals surface area contributed by atoms with Crippen LogP contribution in [0.4, 0.5) is 5.69 Å². The molecule has 4 rings (SSSR count). The van der Waals surface area contributed by atoms with E-state index in [0.29, 0.717) is 35.6 Å². The van der Waals surface area contributed by atoms with E-state index in [-0.39, 0.29) is 5.25 Å². The first-order valence-electron chi connectivity index (χ1n) is 8.62. The number of aliphatic hydroxyl groups is 2. The monoisotopic (exact) mass is 395 g/mol. The van der Waals surface area contributed by atoms with Gasteiger partial charge in [0, 0.05) is 23.7 Å². The summed E-state index contributed by atoms with van der Waals surface area (Å²) >= 11 is 1.53. The lowest BCUT2D eigenvalue weighted by molar-refractivity contribution is -0.139. The number of imidazole rings is 1. The number of carboxylic acid groups (broad SMARTS) is 1. The minimum absolute atomic E-state index is 0.119. The lowest BCUT2D eigenvalue weighted by Crippen LogP contribution is -2.33. The molecule has 2 aliphatic rings. The highest BCUT2D eigenvalue weighted by atomic mass is 32.2. The normalized spacial score (nSPS) is 33.7. The summed E-state index contributed by atoms with van der Waals surface area (Å²) in [5.41, 5.74) is 7.35. The minimum Gasteiger partial charge on any atom is -0.480 e. The molecule has 0 radical (unpaired) electrons. The van der Waals surface area contributed by atoms with Crippen molar-refractivity contribution in [3.05, 3.63) is 18.6 Å². The van der Waals surface area contributed by atoms with Crippen LogP contribution in [0.5, 0.6) is 0 Å². The van der Waals surface area contributed by atoms with Crippen molar-refractivity contribution in [3.63, 3.8) is 0 Å². The fourth-order valence-corrected chi connectivity index (χ4v) is 4.77. The topological polar surface area (TPSA) is 156 Å². The van der Waals surface area contributed by atoms with Gasteiger partial charge < -0.3 is 31.1 Å². The number of ether oxygens (including phenoxy) is 1. The first-order chi connectivity index (χ1) is 13.0. The lowest BCUT2D eigenvalue weighted by atomic mass is 10.1. The lowest BCUT2D eigenvalue weighted by Gasteiger charge is -2.17. The second kappa shape index (κ2) is 7.24. The van der Waals surface area contributed by atoms with E-state index in [2.05, 4.69) is 15.3 Å². The molecule has 0 amide bonds. The molecule has 11 heteroatoms. The van der Waals surface area contributed by atoms with Gasteiger partial charge >= 0.3 is 5.97 Å². The molecule has 6 unspecified atom stereocenters. The van der Waals surface area contributed by atoms with Crippen LogP contribution in [-0.4, -0.2) is 77.7 Å². The van der Waals surface area contributed by atoms with Crippen LogP contribution in [0.15, 0.2) is 18.6 Å². The highest BCUT2D eigenvalue weighted by Crippen LogP contribution is 2.34. The zero-order valence-corrected chi connectivity index (χ0v) is 15.1. The average molecular weight is 395 g/mol. The molecule has 27 heavy (non-hydrogen) atoms. The molecule has 2 aromatic rings. The van der Waals surface area contributed by atoms with Gasteiger partial charge in [0.1, 0.15) is 23.8 Å². The van der Waals surface area contributed by atoms with Crippen molar-refractivity contribution in [1.29, 1.82) is 0 Å². The number of aliphatic carboxylic acids is 1. The zero-order chi connectivity index (χ0) is 19.1. The van der Waals surface area contributed by atoms with Crippen molar-refractivity contribution < 1.29 is 24.9 Å². The van der Waals surface area contributed by atoms with Gasteiger partial charge in [-0.2, -0.15) is 11.8 Å². The Hall–Kier alpha value is -1.92. The number of nitrogens with one attached hydrogen (secondary N) is 1. The van der Waals surface area contributed by atoms with E-state index in [0.717, 1.165) is 0 Å². The summed E-state index contributed by atoms with van der Waals surface area (Å²) in [7, 11) is 0. The Morgan fingerprint density at radius 3 is 2.96 bits per heavy atom. The van der Waals surface area contributed by atoms with E-state index in [1.165, 1.54) is 18.1 Å². The number of nitrogens with two attached hydrogens (primary N) is 1. The number of hydrogen-bond donors (Lipinski definition) is 5. The average Bonchev–Trinajstić information content (AvgIpc) is 3.34. The summed E-state index contributed by atoms with van der Waals surface area (Å²) in [5, 5.41) is 33.0. The fraction of sp³-hybridized carbons (Fsp3) is 0.562. The maximum atomic E-state index is 11.0. The number of carbonyl (C=O) groups is 1. The number of fused-ring (bicyclic) bond motifs is 1. The van der Waals surface area contributed by atoms with Crippen molar-refractivity contribution in [2.45, 2.75) is 42.3 Å². The third-order valence-electron chi connectivity index (χ3n) is 4.99. The number of hydrogen-bond acceptors (Lipinski definition) is 9. The predicted molar refractivity (Wildman–Crippen MR) is 98.2 cm³/mol. The summed E-state index contributed by atoms with van der Waals surface area (Å²) in [5.74, 6) is -0.417. The van der Waals surface area contributed by atoms with Crippen molar-refractivity contribution in [2.24, 2.45) is 0 Å². The Labute approximate surface area is 158 Å². The molecule has 2 aromatic heterocycles. The van der Waals surface area contributed by atoms with Crippen molar-refractivity contribution in [2.75, 3.05) is 18.0 Å². The van der Waals surface area contributed by atoms with Crippen LogP contribution >= 0.6 is 11.8 Å². The second-order valence-electron chi connectivity index (χ2n) is 6.76. The van der Waals surface area contributed by atoms with Crippen LogP contribution in [0, 0.1) is 0 Å². The minimum atomic E-state index is -1.13. The Balaban J connectivity index is 1.43. The van der Waals surface area contributed by atoms with Crippen molar-refractivity contribution in [1.82, 2.24) is 19.9 Å². The van der Waals surface area contributed by atoms with Crippen LogP contribution in [0.25, 0.3) is 11.2 Å². The molecule has 0 spiro atoms. The van der Waals surface area contributed by atoms with Gasteiger partial charge in [0.15, 0.2) is 11.9 Å². The largest absolute Gasteiger partial charge is 0.480 e. The fourth-order valence-electron chi connectivity index (χ4n) is 3.49. The zero-order valence-electron chi connectivity index (χ0n) is 14.3. The Morgan fingerprint density at radius 1 is 1.41 bits per heavy atom.